The Bertz CT molecular complexity index is 1040. The molecule has 0 bridgehead atoms. The topological polar surface area (TPSA) is 90.9 Å². The smallest absolute Gasteiger partial charge is 0.272 e. The zero-order valence-corrected chi connectivity index (χ0v) is 19.2. The van der Waals surface area contributed by atoms with Crippen molar-refractivity contribution < 1.29 is 14.4 Å². The second-order valence-electron chi connectivity index (χ2n) is 9.20. The van der Waals surface area contributed by atoms with Crippen LogP contribution in [-0.2, 0) is 14.4 Å². The lowest BCUT2D eigenvalue weighted by Crippen LogP contribution is -2.52. The predicted molar refractivity (Wildman–Crippen MR) is 126 cm³/mol. The molecule has 0 spiro atoms. The van der Waals surface area contributed by atoms with E-state index in [0.717, 1.165) is 11.1 Å². The highest BCUT2D eigenvalue weighted by molar-refractivity contribution is 6.20. The first-order chi connectivity index (χ1) is 15.1. The average Bonchev–Trinajstić information content (AvgIpc) is 2.83. The Morgan fingerprint density at radius 2 is 1.69 bits per heavy atom. The van der Waals surface area contributed by atoms with Crippen LogP contribution in [0.4, 0.5) is 5.69 Å². The SMILES string of the molecule is C[C@H](NC(=O)CC(C)(C)C)C(=O)NC1N=C(c2ccccc2)c2ccccc2N(C)C1=O. The quantitative estimate of drug-likeness (QED) is 0.758. The minimum atomic E-state index is -1.11. The summed E-state index contributed by atoms with van der Waals surface area (Å²) in [5.41, 5.74) is 2.78. The Labute approximate surface area is 188 Å². The first kappa shape index (κ1) is 23.2. The van der Waals surface area contributed by atoms with Gasteiger partial charge in [-0.05, 0) is 18.4 Å². The maximum absolute atomic E-state index is 13.2. The van der Waals surface area contributed by atoms with Crippen molar-refractivity contribution in [3.8, 4) is 0 Å². The third-order valence-electron chi connectivity index (χ3n) is 5.13. The number of hydrogen-bond acceptors (Lipinski definition) is 4. The molecule has 0 aliphatic carbocycles. The summed E-state index contributed by atoms with van der Waals surface area (Å²) in [6, 6.07) is 16.2. The molecule has 2 aromatic carbocycles. The van der Waals surface area contributed by atoms with Crippen molar-refractivity contribution in [2.45, 2.75) is 46.3 Å². The highest BCUT2D eigenvalue weighted by atomic mass is 16.2. The van der Waals surface area contributed by atoms with E-state index in [1.807, 2.05) is 75.4 Å². The number of carbonyl (C=O) groups is 3. The summed E-state index contributed by atoms with van der Waals surface area (Å²) >= 11 is 0. The van der Waals surface area contributed by atoms with Gasteiger partial charge in [-0.15, -0.1) is 0 Å². The second-order valence-corrected chi connectivity index (χ2v) is 9.20. The van der Waals surface area contributed by atoms with Gasteiger partial charge in [0.05, 0.1) is 11.4 Å². The Balaban J connectivity index is 1.88. The molecule has 7 heteroatoms. The number of carbonyl (C=O) groups excluding carboxylic acids is 3. The summed E-state index contributed by atoms with van der Waals surface area (Å²) in [5, 5.41) is 5.41. The third kappa shape index (κ3) is 5.41. The lowest BCUT2D eigenvalue weighted by Gasteiger charge is -2.23. The third-order valence-corrected chi connectivity index (χ3v) is 5.13. The molecule has 3 amide bonds. The van der Waals surface area contributed by atoms with Gasteiger partial charge in [0, 0.05) is 24.6 Å². The van der Waals surface area contributed by atoms with E-state index in [4.69, 9.17) is 0 Å². The van der Waals surface area contributed by atoms with Gasteiger partial charge >= 0.3 is 0 Å². The average molecular weight is 435 g/mol. The van der Waals surface area contributed by atoms with Crippen molar-refractivity contribution in [3.63, 3.8) is 0 Å². The van der Waals surface area contributed by atoms with Gasteiger partial charge in [0.15, 0.2) is 0 Å². The standard InChI is InChI=1S/C25H30N4O3/c1-16(26-20(30)15-25(2,3)4)23(31)28-22-24(32)29(5)19-14-10-9-13-18(19)21(27-22)17-11-7-6-8-12-17/h6-14,16,22H,15H2,1-5H3,(H,26,30)(H,28,31)/t16-,22?/m0/s1. The molecule has 168 valence electrons. The van der Waals surface area contributed by atoms with Crippen LogP contribution in [0.25, 0.3) is 0 Å². The number of anilines is 1. The van der Waals surface area contributed by atoms with Crippen LogP contribution in [0.5, 0.6) is 0 Å². The summed E-state index contributed by atoms with van der Waals surface area (Å²) in [5.74, 6) is -1.04. The van der Waals surface area contributed by atoms with Crippen molar-refractivity contribution in [1.29, 1.82) is 0 Å². The Kier molecular flexibility index (Phi) is 6.77. The normalized spacial score (nSPS) is 17.0. The van der Waals surface area contributed by atoms with Gasteiger partial charge in [-0.3, -0.25) is 14.4 Å². The number of para-hydroxylation sites is 1. The van der Waals surface area contributed by atoms with Gasteiger partial charge in [0.25, 0.3) is 5.91 Å². The van der Waals surface area contributed by atoms with E-state index >= 15 is 0 Å². The van der Waals surface area contributed by atoms with Crippen molar-refractivity contribution in [1.82, 2.24) is 10.6 Å². The van der Waals surface area contributed by atoms with Crippen molar-refractivity contribution >= 4 is 29.1 Å². The Morgan fingerprint density at radius 1 is 1.06 bits per heavy atom. The van der Waals surface area contributed by atoms with Crippen LogP contribution in [0, 0.1) is 5.41 Å². The number of benzodiazepines with no additional fused rings is 1. The number of nitrogens with zero attached hydrogens (tertiary/aromatic N) is 2. The van der Waals surface area contributed by atoms with Gasteiger partial charge in [-0.1, -0.05) is 69.3 Å². The Hall–Kier alpha value is -3.48. The number of benzene rings is 2. The largest absolute Gasteiger partial charge is 0.345 e. The molecule has 2 atom stereocenters. The molecule has 0 fully saturated rings. The minimum Gasteiger partial charge on any atom is -0.345 e. The first-order valence-corrected chi connectivity index (χ1v) is 10.7. The summed E-state index contributed by atoms with van der Waals surface area (Å²) in [6.07, 6.45) is -0.821. The lowest BCUT2D eigenvalue weighted by molar-refractivity contribution is -0.131. The van der Waals surface area contributed by atoms with E-state index in [1.54, 1.807) is 14.0 Å². The molecule has 0 radical (unpaired) electrons. The minimum absolute atomic E-state index is 0.194. The molecule has 7 nitrogen and oxygen atoms in total. The summed E-state index contributed by atoms with van der Waals surface area (Å²) in [6.45, 7) is 7.45. The Morgan fingerprint density at radius 3 is 2.34 bits per heavy atom. The fourth-order valence-corrected chi connectivity index (χ4v) is 3.54. The number of amides is 3. The van der Waals surface area contributed by atoms with Gasteiger partial charge < -0.3 is 15.5 Å². The molecule has 3 rings (SSSR count). The first-order valence-electron chi connectivity index (χ1n) is 10.7. The highest BCUT2D eigenvalue weighted by Crippen LogP contribution is 2.27. The molecular weight excluding hydrogens is 404 g/mol. The van der Waals surface area contributed by atoms with E-state index in [2.05, 4.69) is 15.6 Å². The molecule has 0 aromatic heterocycles. The number of aliphatic imine (C=N–C) groups is 1. The van der Waals surface area contributed by atoms with Crippen molar-refractivity contribution in [3.05, 3.63) is 65.7 Å². The lowest BCUT2D eigenvalue weighted by atomic mass is 9.92. The van der Waals surface area contributed by atoms with Gasteiger partial charge in [-0.2, -0.15) is 0 Å². The van der Waals surface area contributed by atoms with Gasteiger partial charge in [0.2, 0.25) is 18.0 Å². The molecule has 1 heterocycles. The number of fused-ring (bicyclic) bond motifs is 1. The predicted octanol–water partition coefficient (Wildman–Crippen LogP) is 2.88. The maximum atomic E-state index is 13.2. The number of nitrogens with one attached hydrogen (secondary N) is 2. The van der Waals surface area contributed by atoms with Crippen LogP contribution in [0.15, 0.2) is 59.6 Å². The van der Waals surface area contributed by atoms with Crippen LogP contribution in [0.1, 0.15) is 45.2 Å². The summed E-state index contributed by atoms with van der Waals surface area (Å²) in [4.78, 5) is 44.4. The molecule has 1 aliphatic rings. The summed E-state index contributed by atoms with van der Waals surface area (Å²) < 4.78 is 0. The highest BCUT2D eigenvalue weighted by Gasteiger charge is 2.32. The van der Waals surface area contributed by atoms with E-state index < -0.39 is 18.1 Å². The van der Waals surface area contributed by atoms with Crippen molar-refractivity contribution in [2.24, 2.45) is 10.4 Å². The molecule has 0 saturated carbocycles. The molecule has 0 saturated heterocycles. The maximum Gasteiger partial charge on any atom is 0.272 e. The van der Waals surface area contributed by atoms with E-state index in [9.17, 15) is 14.4 Å². The zero-order chi connectivity index (χ0) is 23.5. The number of likely N-dealkylation sites (N-methyl/N-ethyl adjacent to an activating group) is 1. The van der Waals surface area contributed by atoms with Gasteiger partial charge in [0.1, 0.15) is 6.04 Å². The number of hydrogen-bond donors (Lipinski definition) is 2. The van der Waals surface area contributed by atoms with Crippen LogP contribution < -0.4 is 15.5 Å². The monoisotopic (exact) mass is 434 g/mol. The number of rotatable bonds is 5. The van der Waals surface area contributed by atoms with E-state index in [-0.39, 0.29) is 17.2 Å². The van der Waals surface area contributed by atoms with Crippen LogP contribution in [0.3, 0.4) is 0 Å². The second kappa shape index (κ2) is 9.34. The molecule has 1 aliphatic heterocycles. The van der Waals surface area contributed by atoms with Crippen LogP contribution in [-0.4, -0.2) is 42.7 Å². The molecule has 1 unspecified atom stereocenters. The molecule has 32 heavy (non-hydrogen) atoms. The summed E-state index contributed by atoms with van der Waals surface area (Å²) in [7, 11) is 1.66. The van der Waals surface area contributed by atoms with E-state index in [1.165, 1.54) is 4.90 Å². The molecule has 2 aromatic rings. The molecule has 2 N–H and O–H groups in total. The molecular formula is C25H30N4O3. The fourth-order valence-electron chi connectivity index (χ4n) is 3.54. The van der Waals surface area contributed by atoms with E-state index in [0.29, 0.717) is 17.8 Å². The van der Waals surface area contributed by atoms with Crippen LogP contribution in [0.2, 0.25) is 0 Å². The van der Waals surface area contributed by atoms with Crippen LogP contribution >= 0.6 is 0 Å². The zero-order valence-electron chi connectivity index (χ0n) is 19.2. The van der Waals surface area contributed by atoms with Crippen molar-refractivity contribution in [2.75, 3.05) is 11.9 Å². The fraction of sp³-hybridized carbons (Fsp3) is 0.360. The van der Waals surface area contributed by atoms with Gasteiger partial charge in [-0.25, -0.2) is 4.99 Å².